The van der Waals surface area contributed by atoms with Gasteiger partial charge in [-0.15, -0.1) is 0 Å². The van der Waals surface area contributed by atoms with Crippen LogP contribution in [0, 0.1) is 0 Å². The lowest BCUT2D eigenvalue weighted by Gasteiger charge is -2.27. The van der Waals surface area contributed by atoms with Crippen molar-refractivity contribution in [2.45, 2.75) is 25.8 Å². The zero-order valence-electron chi connectivity index (χ0n) is 11.6. The number of nitrogens with zero attached hydrogens (tertiary/aromatic N) is 4. The second-order valence-corrected chi connectivity index (χ2v) is 5.14. The highest BCUT2D eigenvalue weighted by Gasteiger charge is 2.23. The Bertz CT molecular complexity index is 606. The number of amides is 1. The molecule has 0 fully saturated rings. The van der Waals surface area contributed by atoms with Gasteiger partial charge in [0, 0.05) is 38.3 Å². The molecule has 2 aromatic heterocycles. The van der Waals surface area contributed by atoms with E-state index in [1.165, 1.54) is 0 Å². The summed E-state index contributed by atoms with van der Waals surface area (Å²) < 4.78 is 2.01. The molecule has 0 saturated carbocycles. The summed E-state index contributed by atoms with van der Waals surface area (Å²) in [6, 6.07) is 5.80. The second-order valence-electron chi connectivity index (χ2n) is 5.14. The highest BCUT2D eigenvalue weighted by Crippen LogP contribution is 2.17. The maximum Gasteiger partial charge on any atom is 0.223 e. The van der Waals surface area contributed by atoms with Gasteiger partial charge in [-0.25, -0.2) is 4.98 Å². The summed E-state index contributed by atoms with van der Waals surface area (Å²) in [5.41, 5.74) is 3.25. The lowest BCUT2D eigenvalue weighted by atomic mass is 10.1. The van der Waals surface area contributed by atoms with Crippen LogP contribution in [0.2, 0.25) is 0 Å². The summed E-state index contributed by atoms with van der Waals surface area (Å²) in [6.45, 7) is 1.44. The van der Waals surface area contributed by atoms with Crippen LogP contribution in [0.3, 0.4) is 0 Å². The van der Waals surface area contributed by atoms with Crippen molar-refractivity contribution in [3.05, 3.63) is 47.8 Å². The Morgan fingerprint density at radius 2 is 2.25 bits per heavy atom. The first kappa shape index (κ1) is 12.8. The van der Waals surface area contributed by atoms with Crippen molar-refractivity contribution < 1.29 is 4.79 Å². The molecule has 0 N–H and O–H groups in total. The quantitative estimate of drug-likeness (QED) is 0.845. The number of carbonyl (C=O) groups excluding carboxylic acids is 1. The monoisotopic (exact) mass is 270 g/mol. The fraction of sp³-hybridized carbons (Fsp3) is 0.400. The molecular formula is C15H18N4O. The largest absolute Gasteiger partial charge is 0.336 e. The fourth-order valence-corrected chi connectivity index (χ4v) is 2.57. The standard InChI is InChI=1S/C15H18N4O/c1-18-11-17-13-7-9-19(10-14(13)18)15(20)6-5-12-4-2-3-8-16-12/h2-4,8,11H,5-7,9-10H2,1H3. The normalized spacial score (nSPS) is 14.2. The van der Waals surface area contributed by atoms with Gasteiger partial charge in [-0.3, -0.25) is 9.78 Å². The van der Waals surface area contributed by atoms with Crippen molar-refractivity contribution in [1.82, 2.24) is 19.4 Å². The maximum absolute atomic E-state index is 12.3. The molecule has 3 heterocycles. The molecule has 0 bridgehead atoms. The minimum absolute atomic E-state index is 0.197. The summed E-state index contributed by atoms with van der Waals surface area (Å²) in [6.07, 6.45) is 5.67. The Morgan fingerprint density at radius 1 is 1.35 bits per heavy atom. The van der Waals surface area contributed by atoms with E-state index in [9.17, 15) is 4.79 Å². The van der Waals surface area contributed by atoms with Gasteiger partial charge in [-0.05, 0) is 18.6 Å². The first-order valence-electron chi connectivity index (χ1n) is 6.91. The van der Waals surface area contributed by atoms with E-state index in [4.69, 9.17) is 0 Å². The van der Waals surface area contributed by atoms with Crippen molar-refractivity contribution >= 4 is 5.91 Å². The zero-order chi connectivity index (χ0) is 13.9. The summed E-state index contributed by atoms with van der Waals surface area (Å²) in [5.74, 6) is 0.197. The SMILES string of the molecule is Cn1cnc2c1CN(C(=O)CCc1ccccn1)CC2. The van der Waals surface area contributed by atoms with Crippen LogP contribution in [0.1, 0.15) is 23.5 Å². The Labute approximate surface area is 118 Å². The average molecular weight is 270 g/mol. The van der Waals surface area contributed by atoms with Gasteiger partial charge in [-0.2, -0.15) is 0 Å². The first-order chi connectivity index (χ1) is 9.74. The molecule has 0 unspecified atom stereocenters. The number of fused-ring (bicyclic) bond motifs is 1. The van der Waals surface area contributed by atoms with Gasteiger partial charge in [0.05, 0.1) is 24.3 Å². The smallest absolute Gasteiger partial charge is 0.223 e. The van der Waals surface area contributed by atoms with E-state index in [0.29, 0.717) is 19.4 Å². The summed E-state index contributed by atoms with van der Waals surface area (Å²) in [4.78, 5) is 22.8. The van der Waals surface area contributed by atoms with E-state index in [0.717, 1.165) is 30.0 Å². The maximum atomic E-state index is 12.3. The molecule has 0 aliphatic carbocycles. The Hall–Kier alpha value is -2.17. The first-order valence-corrected chi connectivity index (χ1v) is 6.91. The third-order valence-corrected chi connectivity index (χ3v) is 3.78. The zero-order valence-corrected chi connectivity index (χ0v) is 11.6. The summed E-state index contributed by atoms with van der Waals surface area (Å²) in [7, 11) is 1.98. The molecule has 0 aromatic carbocycles. The van der Waals surface area contributed by atoms with Gasteiger partial charge in [0.15, 0.2) is 0 Å². The van der Waals surface area contributed by atoms with Crippen LogP contribution in [-0.2, 0) is 31.2 Å². The van der Waals surface area contributed by atoms with Crippen LogP contribution in [-0.4, -0.2) is 31.9 Å². The Balaban J connectivity index is 1.60. The average Bonchev–Trinajstić information content (AvgIpc) is 2.87. The highest BCUT2D eigenvalue weighted by atomic mass is 16.2. The van der Waals surface area contributed by atoms with Crippen molar-refractivity contribution in [3.8, 4) is 0 Å². The second kappa shape index (κ2) is 5.45. The van der Waals surface area contributed by atoms with Gasteiger partial charge in [0.25, 0.3) is 0 Å². The topological polar surface area (TPSA) is 51.0 Å². The number of aryl methyl sites for hydroxylation is 2. The molecule has 20 heavy (non-hydrogen) atoms. The molecule has 104 valence electrons. The third-order valence-electron chi connectivity index (χ3n) is 3.78. The summed E-state index contributed by atoms with van der Waals surface area (Å²) >= 11 is 0. The lowest BCUT2D eigenvalue weighted by molar-refractivity contribution is -0.132. The van der Waals surface area contributed by atoms with Crippen molar-refractivity contribution in [3.63, 3.8) is 0 Å². The third kappa shape index (κ3) is 2.57. The number of hydrogen-bond acceptors (Lipinski definition) is 3. The number of carbonyl (C=O) groups is 1. The van der Waals surface area contributed by atoms with E-state index >= 15 is 0 Å². The molecule has 2 aromatic rings. The van der Waals surface area contributed by atoms with Crippen LogP contribution < -0.4 is 0 Å². The van der Waals surface area contributed by atoms with Gasteiger partial charge in [0.1, 0.15) is 0 Å². The predicted octanol–water partition coefficient (Wildman–Crippen LogP) is 1.33. The number of aromatic nitrogens is 3. The van der Waals surface area contributed by atoms with E-state index in [1.54, 1.807) is 6.20 Å². The van der Waals surface area contributed by atoms with E-state index in [1.807, 2.05) is 41.0 Å². The van der Waals surface area contributed by atoms with Crippen LogP contribution in [0.25, 0.3) is 0 Å². The fourth-order valence-electron chi connectivity index (χ4n) is 2.57. The van der Waals surface area contributed by atoms with E-state index in [2.05, 4.69) is 9.97 Å². The molecule has 0 atom stereocenters. The molecular weight excluding hydrogens is 252 g/mol. The number of hydrogen-bond donors (Lipinski definition) is 0. The predicted molar refractivity (Wildman–Crippen MR) is 74.9 cm³/mol. The Kier molecular flexibility index (Phi) is 3.50. The van der Waals surface area contributed by atoms with Gasteiger partial charge in [0.2, 0.25) is 5.91 Å². The minimum atomic E-state index is 0.197. The van der Waals surface area contributed by atoms with Crippen LogP contribution in [0.15, 0.2) is 30.7 Å². The van der Waals surface area contributed by atoms with Gasteiger partial charge in [-0.1, -0.05) is 6.07 Å². The molecule has 1 aliphatic heterocycles. The Morgan fingerprint density at radius 3 is 3.05 bits per heavy atom. The molecule has 5 nitrogen and oxygen atoms in total. The lowest BCUT2D eigenvalue weighted by Crippen LogP contribution is -2.36. The molecule has 1 aliphatic rings. The molecule has 1 amide bonds. The van der Waals surface area contributed by atoms with Crippen LogP contribution in [0.5, 0.6) is 0 Å². The molecule has 0 saturated heterocycles. The number of pyridine rings is 1. The molecule has 3 rings (SSSR count). The molecule has 5 heteroatoms. The molecule has 0 spiro atoms. The van der Waals surface area contributed by atoms with Crippen LogP contribution in [0.4, 0.5) is 0 Å². The van der Waals surface area contributed by atoms with Crippen molar-refractivity contribution in [1.29, 1.82) is 0 Å². The minimum Gasteiger partial charge on any atom is -0.336 e. The van der Waals surface area contributed by atoms with E-state index < -0.39 is 0 Å². The van der Waals surface area contributed by atoms with Crippen molar-refractivity contribution in [2.75, 3.05) is 6.54 Å². The van der Waals surface area contributed by atoms with Gasteiger partial charge >= 0.3 is 0 Å². The number of rotatable bonds is 3. The number of imidazole rings is 1. The molecule has 0 radical (unpaired) electrons. The van der Waals surface area contributed by atoms with E-state index in [-0.39, 0.29) is 5.91 Å². The highest BCUT2D eigenvalue weighted by molar-refractivity contribution is 5.76. The van der Waals surface area contributed by atoms with Crippen LogP contribution >= 0.6 is 0 Å². The summed E-state index contributed by atoms with van der Waals surface area (Å²) in [5, 5.41) is 0. The van der Waals surface area contributed by atoms with Gasteiger partial charge < -0.3 is 9.47 Å². The van der Waals surface area contributed by atoms with Crippen molar-refractivity contribution in [2.24, 2.45) is 7.05 Å².